The van der Waals surface area contributed by atoms with Gasteiger partial charge >= 0.3 is 11.9 Å². The molecule has 0 saturated heterocycles. The van der Waals surface area contributed by atoms with Crippen LogP contribution in [0.1, 0.15) is 32.3 Å². The second kappa shape index (κ2) is 7.13. The van der Waals surface area contributed by atoms with Gasteiger partial charge in [-0.15, -0.1) is 0 Å². The van der Waals surface area contributed by atoms with E-state index in [0.29, 0.717) is 25.0 Å². The van der Waals surface area contributed by atoms with E-state index in [1.165, 1.54) is 5.56 Å². The maximum atomic E-state index is 11.6. The van der Waals surface area contributed by atoms with Gasteiger partial charge in [0.05, 0.1) is 17.6 Å². The average molecular weight is 369 g/mol. The molecule has 0 spiro atoms. The minimum atomic E-state index is -0.249. The molecule has 0 fully saturated rings. The molecule has 120 valence electrons. The summed E-state index contributed by atoms with van der Waals surface area (Å²) in [5, 5.41) is 0. The van der Waals surface area contributed by atoms with Crippen LogP contribution in [0.25, 0.3) is 0 Å². The Morgan fingerprint density at radius 1 is 1.50 bits per heavy atom. The van der Waals surface area contributed by atoms with Gasteiger partial charge in [-0.25, -0.2) is 9.69 Å². The first-order valence-corrected chi connectivity index (χ1v) is 8.33. The molecular weight excluding hydrogens is 346 g/mol. The highest BCUT2D eigenvalue weighted by molar-refractivity contribution is 9.10. The first-order chi connectivity index (χ1) is 10.4. The second-order valence-corrected chi connectivity index (χ2v) is 6.46. The van der Waals surface area contributed by atoms with E-state index in [2.05, 4.69) is 48.0 Å². The quantitative estimate of drug-likeness (QED) is 0.639. The molecular formula is C16H23BrN3O2+. The number of nitrogens with two attached hydrogens (primary N) is 1. The number of guanidine groups is 1. The van der Waals surface area contributed by atoms with Crippen LogP contribution in [0, 0.1) is 0 Å². The zero-order valence-electron chi connectivity index (χ0n) is 13.3. The Bertz CT molecular complexity index is 599. The largest absolute Gasteiger partial charge is 0.464 e. The number of benzene rings is 1. The molecule has 6 heteroatoms. The summed E-state index contributed by atoms with van der Waals surface area (Å²) < 4.78 is 7.84. The summed E-state index contributed by atoms with van der Waals surface area (Å²) in [5.41, 5.74) is 8.50. The molecule has 0 amide bonds. The van der Waals surface area contributed by atoms with E-state index in [4.69, 9.17) is 10.5 Å². The standard InChI is InChI=1S/C16H22BrN3O2/c1-4-22-15(21)10-19-7-8-20(16(19)18)14-6-5-12(11(2)3)9-13(14)17/h5-6,9,11,18H,4,7-8,10H2,1-3H3/p+1. The van der Waals surface area contributed by atoms with Gasteiger partial charge < -0.3 is 4.74 Å². The van der Waals surface area contributed by atoms with Crippen molar-refractivity contribution in [3.8, 4) is 0 Å². The molecule has 0 atom stereocenters. The molecule has 0 bridgehead atoms. The molecule has 5 nitrogen and oxygen atoms in total. The molecule has 1 aromatic carbocycles. The number of hydrogen-bond donors (Lipinski definition) is 1. The second-order valence-electron chi connectivity index (χ2n) is 5.60. The van der Waals surface area contributed by atoms with Crippen LogP contribution in [0.5, 0.6) is 0 Å². The summed E-state index contributed by atoms with van der Waals surface area (Å²) >= 11 is 3.63. The number of ether oxygens (including phenoxy) is 1. The first kappa shape index (κ1) is 16.8. The van der Waals surface area contributed by atoms with Crippen molar-refractivity contribution >= 4 is 33.5 Å². The van der Waals surface area contributed by atoms with Crippen molar-refractivity contribution in [1.29, 1.82) is 0 Å². The summed E-state index contributed by atoms with van der Waals surface area (Å²) in [4.78, 5) is 13.6. The van der Waals surface area contributed by atoms with Gasteiger partial charge in [0.15, 0.2) is 6.54 Å². The molecule has 22 heavy (non-hydrogen) atoms. The Balaban J connectivity index is 2.20. The van der Waals surface area contributed by atoms with E-state index < -0.39 is 0 Å². The van der Waals surface area contributed by atoms with Crippen molar-refractivity contribution < 1.29 is 14.1 Å². The lowest BCUT2D eigenvalue weighted by Gasteiger charge is -2.15. The number of anilines is 1. The molecule has 0 radical (unpaired) electrons. The summed E-state index contributed by atoms with van der Waals surface area (Å²) in [6, 6.07) is 6.31. The third-order valence-electron chi connectivity index (χ3n) is 3.75. The Kier molecular flexibility index (Phi) is 5.45. The number of hydrogen-bond acceptors (Lipinski definition) is 4. The summed E-state index contributed by atoms with van der Waals surface area (Å²) in [7, 11) is 0. The van der Waals surface area contributed by atoms with E-state index in [0.717, 1.165) is 16.7 Å². The van der Waals surface area contributed by atoms with E-state index in [9.17, 15) is 4.79 Å². The highest BCUT2D eigenvalue weighted by Crippen LogP contribution is 2.30. The Morgan fingerprint density at radius 2 is 2.23 bits per heavy atom. The van der Waals surface area contributed by atoms with Crippen molar-refractivity contribution in [3.05, 3.63) is 28.2 Å². The average Bonchev–Trinajstić information content (AvgIpc) is 2.80. The zero-order valence-corrected chi connectivity index (χ0v) is 14.9. The number of carbonyl (C=O) groups excluding carboxylic acids is 1. The van der Waals surface area contributed by atoms with Gasteiger partial charge in [-0.1, -0.05) is 19.9 Å². The highest BCUT2D eigenvalue weighted by Gasteiger charge is 2.31. The van der Waals surface area contributed by atoms with Gasteiger partial charge in [0.1, 0.15) is 12.2 Å². The fourth-order valence-electron chi connectivity index (χ4n) is 2.49. The van der Waals surface area contributed by atoms with Gasteiger partial charge in [0.25, 0.3) is 0 Å². The van der Waals surface area contributed by atoms with E-state index in [1.54, 1.807) is 6.92 Å². The molecule has 0 unspecified atom stereocenters. The SMILES string of the molecule is CCOC(=O)C[N+]1=C(N)N(c2ccc(C(C)C)cc2Br)CC1. The Labute approximate surface area is 139 Å². The lowest BCUT2D eigenvalue weighted by molar-refractivity contribution is -0.509. The van der Waals surface area contributed by atoms with Gasteiger partial charge in [0.2, 0.25) is 0 Å². The minimum absolute atomic E-state index is 0.192. The molecule has 1 aliphatic heterocycles. The molecule has 0 aliphatic carbocycles. The summed E-state index contributed by atoms with van der Waals surface area (Å²) in [6.45, 7) is 8.18. The Morgan fingerprint density at radius 3 is 2.82 bits per heavy atom. The van der Waals surface area contributed by atoms with Crippen LogP contribution >= 0.6 is 15.9 Å². The lowest BCUT2D eigenvalue weighted by Crippen LogP contribution is -2.38. The van der Waals surface area contributed by atoms with Crippen molar-refractivity contribution in [1.82, 2.24) is 0 Å². The van der Waals surface area contributed by atoms with Crippen LogP contribution in [-0.4, -0.2) is 42.7 Å². The number of rotatable bonds is 5. The third kappa shape index (κ3) is 3.61. The van der Waals surface area contributed by atoms with Crippen LogP contribution < -0.4 is 10.6 Å². The predicted molar refractivity (Wildman–Crippen MR) is 91.4 cm³/mol. The van der Waals surface area contributed by atoms with Gasteiger partial charge in [-0.3, -0.25) is 10.3 Å². The Hall–Kier alpha value is -1.56. The molecule has 0 aromatic heterocycles. The predicted octanol–water partition coefficient (Wildman–Crippen LogP) is 2.28. The monoisotopic (exact) mass is 368 g/mol. The zero-order chi connectivity index (χ0) is 16.3. The van der Waals surface area contributed by atoms with Crippen LogP contribution in [0.3, 0.4) is 0 Å². The third-order valence-corrected chi connectivity index (χ3v) is 4.38. The van der Waals surface area contributed by atoms with Crippen molar-refractivity contribution in [3.63, 3.8) is 0 Å². The highest BCUT2D eigenvalue weighted by atomic mass is 79.9. The normalized spacial score (nSPS) is 14.9. The van der Waals surface area contributed by atoms with Gasteiger partial charge in [0, 0.05) is 0 Å². The molecule has 2 rings (SSSR count). The number of nitrogens with zero attached hydrogens (tertiary/aromatic N) is 2. The summed E-state index contributed by atoms with van der Waals surface area (Å²) in [5.74, 6) is 0.818. The molecule has 2 N–H and O–H groups in total. The van der Waals surface area contributed by atoms with Crippen molar-refractivity contribution in [2.45, 2.75) is 26.7 Å². The van der Waals surface area contributed by atoms with Gasteiger partial charge in [-0.05, 0) is 46.5 Å². The maximum absolute atomic E-state index is 11.6. The number of carbonyl (C=O) groups is 1. The maximum Gasteiger partial charge on any atom is 0.351 e. The van der Waals surface area contributed by atoms with E-state index in [1.807, 2.05) is 9.48 Å². The van der Waals surface area contributed by atoms with Crippen LogP contribution in [0.15, 0.2) is 22.7 Å². The minimum Gasteiger partial charge on any atom is -0.464 e. The van der Waals surface area contributed by atoms with Crippen LogP contribution in [0.4, 0.5) is 5.69 Å². The number of halogens is 1. The fourth-order valence-corrected chi connectivity index (χ4v) is 3.10. The topological polar surface area (TPSA) is 58.6 Å². The van der Waals surface area contributed by atoms with Crippen molar-refractivity contribution in [2.24, 2.45) is 5.73 Å². The van der Waals surface area contributed by atoms with Crippen LogP contribution in [-0.2, 0) is 9.53 Å². The van der Waals surface area contributed by atoms with E-state index >= 15 is 0 Å². The summed E-state index contributed by atoms with van der Waals surface area (Å²) in [6.07, 6.45) is 0. The smallest absolute Gasteiger partial charge is 0.351 e. The van der Waals surface area contributed by atoms with Crippen molar-refractivity contribution in [2.75, 3.05) is 31.1 Å². The van der Waals surface area contributed by atoms with Crippen LogP contribution in [0.2, 0.25) is 0 Å². The first-order valence-electron chi connectivity index (χ1n) is 7.54. The lowest BCUT2D eigenvalue weighted by atomic mass is 10.0. The molecule has 1 aromatic rings. The fraction of sp³-hybridized carbons (Fsp3) is 0.500. The van der Waals surface area contributed by atoms with Gasteiger partial charge in [-0.2, -0.15) is 0 Å². The molecule has 1 aliphatic rings. The van der Waals surface area contributed by atoms with E-state index in [-0.39, 0.29) is 12.5 Å². The molecule has 1 heterocycles. The number of esters is 1. The molecule has 0 saturated carbocycles.